The summed E-state index contributed by atoms with van der Waals surface area (Å²) in [6.45, 7) is 1.36. The molecule has 0 aromatic heterocycles. The second kappa shape index (κ2) is 9.58. The molecule has 1 fully saturated rings. The van der Waals surface area contributed by atoms with Crippen LogP contribution in [0.2, 0.25) is 0 Å². The van der Waals surface area contributed by atoms with Crippen LogP contribution in [-0.2, 0) is 4.79 Å². The number of hydrogen-bond donors (Lipinski definition) is 3. The van der Waals surface area contributed by atoms with Crippen molar-refractivity contribution in [2.24, 2.45) is 0 Å². The molecule has 0 bridgehead atoms. The van der Waals surface area contributed by atoms with E-state index in [4.69, 9.17) is 5.11 Å². The largest absolute Gasteiger partial charge is 0.481 e. The number of rotatable bonds is 8. The van der Waals surface area contributed by atoms with Crippen LogP contribution in [-0.4, -0.2) is 52.9 Å². The molecule has 1 aliphatic rings. The Morgan fingerprint density at radius 2 is 1.90 bits per heavy atom. The van der Waals surface area contributed by atoms with Crippen LogP contribution in [0.3, 0.4) is 0 Å². The molecule has 0 spiro atoms. The number of amides is 2. The number of aliphatic hydroxyl groups is 1. The molecule has 3 N–H and O–H groups in total. The van der Waals surface area contributed by atoms with Crippen molar-refractivity contribution in [1.29, 1.82) is 0 Å². The first-order valence-corrected chi connectivity index (χ1v) is 7.52. The van der Waals surface area contributed by atoms with E-state index in [-0.39, 0.29) is 25.1 Å². The van der Waals surface area contributed by atoms with Crippen molar-refractivity contribution < 1.29 is 19.8 Å². The van der Waals surface area contributed by atoms with Crippen LogP contribution < -0.4 is 5.32 Å². The third kappa shape index (κ3) is 6.23. The van der Waals surface area contributed by atoms with Gasteiger partial charge < -0.3 is 20.4 Å². The fraction of sp³-hybridized carbons (Fsp3) is 0.857. The Morgan fingerprint density at radius 1 is 1.15 bits per heavy atom. The molecule has 20 heavy (non-hydrogen) atoms. The van der Waals surface area contributed by atoms with Gasteiger partial charge in [0.05, 0.1) is 12.6 Å². The minimum absolute atomic E-state index is 0.0304. The molecule has 1 rings (SSSR count). The van der Waals surface area contributed by atoms with Crippen LogP contribution in [0.4, 0.5) is 4.79 Å². The molecule has 1 heterocycles. The van der Waals surface area contributed by atoms with Gasteiger partial charge in [-0.25, -0.2) is 4.79 Å². The minimum atomic E-state index is -0.751. The number of carbonyl (C=O) groups excluding carboxylic acids is 1. The first-order chi connectivity index (χ1) is 9.65. The number of hydrogen-bond acceptors (Lipinski definition) is 3. The Kier molecular flexibility index (Phi) is 8.02. The lowest BCUT2D eigenvalue weighted by Crippen LogP contribution is -2.50. The summed E-state index contributed by atoms with van der Waals surface area (Å²) in [6.07, 6.45) is 6.53. The number of likely N-dealkylation sites (tertiary alicyclic amines) is 1. The van der Waals surface area contributed by atoms with E-state index in [1.54, 1.807) is 4.90 Å². The van der Waals surface area contributed by atoms with Crippen LogP contribution in [0, 0.1) is 0 Å². The van der Waals surface area contributed by atoms with Gasteiger partial charge in [-0.05, 0) is 32.1 Å². The Morgan fingerprint density at radius 3 is 2.60 bits per heavy atom. The van der Waals surface area contributed by atoms with Gasteiger partial charge in [-0.3, -0.25) is 4.79 Å². The highest BCUT2D eigenvalue weighted by molar-refractivity contribution is 5.74. The van der Waals surface area contributed by atoms with Gasteiger partial charge in [0.2, 0.25) is 0 Å². The summed E-state index contributed by atoms with van der Waals surface area (Å²) >= 11 is 0. The monoisotopic (exact) mass is 286 g/mol. The van der Waals surface area contributed by atoms with Gasteiger partial charge in [0.15, 0.2) is 0 Å². The number of aliphatic carboxylic acids is 1. The molecule has 0 aliphatic carbocycles. The zero-order valence-corrected chi connectivity index (χ0v) is 12.0. The molecular formula is C14H26N2O4. The van der Waals surface area contributed by atoms with E-state index in [1.807, 2.05) is 0 Å². The number of carboxylic acid groups (broad SMARTS) is 1. The number of piperidine rings is 1. The third-order valence-corrected chi connectivity index (χ3v) is 3.69. The third-order valence-electron chi connectivity index (χ3n) is 3.69. The fourth-order valence-corrected chi connectivity index (χ4v) is 2.51. The molecule has 1 atom stereocenters. The van der Waals surface area contributed by atoms with Crippen LogP contribution in [0.25, 0.3) is 0 Å². The Balaban J connectivity index is 2.08. The van der Waals surface area contributed by atoms with Gasteiger partial charge >= 0.3 is 12.0 Å². The average Bonchev–Trinajstić information content (AvgIpc) is 2.45. The van der Waals surface area contributed by atoms with Gasteiger partial charge in [-0.2, -0.15) is 0 Å². The summed E-state index contributed by atoms with van der Waals surface area (Å²) in [7, 11) is 0. The Labute approximate surface area is 120 Å². The summed E-state index contributed by atoms with van der Waals surface area (Å²) in [6, 6.07) is -0.131. The van der Waals surface area contributed by atoms with E-state index >= 15 is 0 Å². The molecule has 6 heteroatoms. The molecule has 0 aromatic carbocycles. The standard InChI is InChI=1S/C14H26N2O4/c17-11-12-7-4-6-10-16(12)14(20)15-9-5-2-1-3-8-13(18)19/h12,17H,1-11H2,(H,15,20)(H,18,19). The maximum atomic E-state index is 12.0. The van der Waals surface area contributed by atoms with Gasteiger partial charge in [0, 0.05) is 19.5 Å². The van der Waals surface area contributed by atoms with E-state index in [0.717, 1.165) is 45.1 Å². The smallest absolute Gasteiger partial charge is 0.317 e. The number of urea groups is 1. The topological polar surface area (TPSA) is 89.9 Å². The number of aliphatic hydroxyl groups excluding tert-OH is 1. The highest BCUT2D eigenvalue weighted by Gasteiger charge is 2.25. The highest BCUT2D eigenvalue weighted by Crippen LogP contribution is 2.16. The molecule has 1 unspecified atom stereocenters. The summed E-state index contributed by atoms with van der Waals surface area (Å²) < 4.78 is 0. The van der Waals surface area contributed by atoms with Gasteiger partial charge in [0.25, 0.3) is 0 Å². The minimum Gasteiger partial charge on any atom is -0.481 e. The first-order valence-electron chi connectivity index (χ1n) is 7.52. The summed E-state index contributed by atoms with van der Waals surface area (Å²) in [5, 5.41) is 20.6. The van der Waals surface area contributed by atoms with Crippen molar-refractivity contribution in [3.05, 3.63) is 0 Å². The zero-order valence-electron chi connectivity index (χ0n) is 12.0. The molecule has 0 radical (unpaired) electrons. The number of nitrogens with one attached hydrogen (secondary N) is 1. The van der Waals surface area contributed by atoms with Gasteiger partial charge in [-0.15, -0.1) is 0 Å². The van der Waals surface area contributed by atoms with E-state index in [2.05, 4.69) is 5.32 Å². The number of unbranched alkanes of at least 4 members (excludes halogenated alkanes) is 3. The number of carboxylic acids is 1. The maximum Gasteiger partial charge on any atom is 0.317 e. The maximum absolute atomic E-state index is 12.0. The van der Waals surface area contributed by atoms with E-state index in [9.17, 15) is 14.7 Å². The molecule has 1 aliphatic heterocycles. The van der Waals surface area contributed by atoms with Crippen molar-refractivity contribution >= 4 is 12.0 Å². The van der Waals surface area contributed by atoms with Crippen LogP contribution in [0.1, 0.15) is 51.4 Å². The molecule has 116 valence electrons. The lowest BCUT2D eigenvalue weighted by Gasteiger charge is -2.34. The zero-order chi connectivity index (χ0) is 14.8. The van der Waals surface area contributed by atoms with Crippen LogP contribution in [0.5, 0.6) is 0 Å². The lowest BCUT2D eigenvalue weighted by atomic mass is 10.0. The van der Waals surface area contributed by atoms with E-state index < -0.39 is 5.97 Å². The van der Waals surface area contributed by atoms with Crippen LogP contribution in [0.15, 0.2) is 0 Å². The molecule has 2 amide bonds. The van der Waals surface area contributed by atoms with E-state index in [0.29, 0.717) is 13.0 Å². The average molecular weight is 286 g/mol. The predicted molar refractivity (Wildman–Crippen MR) is 75.6 cm³/mol. The SMILES string of the molecule is O=C(O)CCCCCCNC(=O)N1CCCCC1CO. The summed E-state index contributed by atoms with van der Waals surface area (Å²) in [5.41, 5.74) is 0. The van der Waals surface area contributed by atoms with Gasteiger partial charge in [0.1, 0.15) is 0 Å². The van der Waals surface area contributed by atoms with Crippen molar-refractivity contribution in [2.45, 2.75) is 57.4 Å². The van der Waals surface area contributed by atoms with Crippen molar-refractivity contribution in [1.82, 2.24) is 10.2 Å². The predicted octanol–water partition coefficient (Wildman–Crippen LogP) is 1.58. The van der Waals surface area contributed by atoms with E-state index in [1.165, 1.54) is 0 Å². The Hall–Kier alpha value is -1.30. The molecule has 0 saturated carbocycles. The molecule has 0 aromatic rings. The summed E-state index contributed by atoms with van der Waals surface area (Å²) in [4.78, 5) is 24.0. The van der Waals surface area contributed by atoms with Crippen LogP contribution >= 0.6 is 0 Å². The highest BCUT2D eigenvalue weighted by atomic mass is 16.4. The van der Waals surface area contributed by atoms with Crippen molar-refractivity contribution in [3.8, 4) is 0 Å². The number of nitrogens with zero attached hydrogens (tertiary/aromatic N) is 1. The first kappa shape index (κ1) is 16.8. The van der Waals surface area contributed by atoms with Gasteiger partial charge in [-0.1, -0.05) is 12.8 Å². The lowest BCUT2D eigenvalue weighted by molar-refractivity contribution is -0.137. The summed E-state index contributed by atoms with van der Waals surface area (Å²) in [5.74, 6) is -0.751. The van der Waals surface area contributed by atoms with Crippen molar-refractivity contribution in [2.75, 3.05) is 19.7 Å². The fourth-order valence-electron chi connectivity index (χ4n) is 2.51. The second-order valence-electron chi connectivity index (χ2n) is 5.32. The molecule has 6 nitrogen and oxygen atoms in total. The quantitative estimate of drug-likeness (QED) is 0.591. The normalized spacial score (nSPS) is 18.9. The molecular weight excluding hydrogens is 260 g/mol. The van der Waals surface area contributed by atoms with Crippen molar-refractivity contribution in [3.63, 3.8) is 0 Å². The molecule has 1 saturated heterocycles. The Bertz CT molecular complexity index is 310. The second-order valence-corrected chi connectivity index (χ2v) is 5.32. The number of carbonyl (C=O) groups is 2.